The van der Waals surface area contributed by atoms with Crippen LogP contribution >= 0.6 is 7.82 Å². The Balaban J connectivity index is 4.00. The number of carbonyl (C=O) groups is 1. The number of phosphoric ester groups is 1. The van der Waals surface area contributed by atoms with E-state index in [0.29, 0.717) is 23.9 Å². The van der Waals surface area contributed by atoms with Gasteiger partial charge in [-0.25, -0.2) is 4.57 Å². The molecule has 0 radical (unpaired) electrons. The Morgan fingerprint density at radius 1 is 0.436 bits per heavy atom. The van der Waals surface area contributed by atoms with Crippen molar-refractivity contribution in [3.63, 3.8) is 0 Å². The normalized spacial score (nSPS) is 13.8. The van der Waals surface area contributed by atoms with Gasteiger partial charge in [-0.05, 0) is 44.9 Å². The molecule has 3 unspecified atom stereocenters. The monoisotopic (exact) mass is 1120 g/mol. The van der Waals surface area contributed by atoms with E-state index >= 15 is 0 Å². The summed E-state index contributed by atoms with van der Waals surface area (Å²) >= 11 is 0. The van der Waals surface area contributed by atoms with Gasteiger partial charge in [0.1, 0.15) is 13.2 Å². The lowest BCUT2D eigenvalue weighted by Crippen LogP contribution is -2.46. The largest absolute Gasteiger partial charge is 0.472 e. The van der Waals surface area contributed by atoms with Crippen LogP contribution in [0, 0.1) is 0 Å². The van der Waals surface area contributed by atoms with Crippen molar-refractivity contribution in [3.8, 4) is 0 Å². The van der Waals surface area contributed by atoms with Gasteiger partial charge in [-0.2, -0.15) is 0 Å². The van der Waals surface area contributed by atoms with E-state index in [1.165, 1.54) is 289 Å². The van der Waals surface area contributed by atoms with Gasteiger partial charge in [0.15, 0.2) is 0 Å². The van der Waals surface area contributed by atoms with E-state index in [1.54, 1.807) is 0 Å². The van der Waals surface area contributed by atoms with Gasteiger partial charge in [-0.1, -0.05) is 334 Å². The highest BCUT2D eigenvalue weighted by atomic mass is 31.2. The summed E-state index contributed by atoms with van der Waals surface area (Å²) in [7, 11) is 1.64. The smallest absolute Gasteiger partial charge is 0.391 e. The third kappa shape index (κ3) is 62.6. The van der Waals surface area contributed by atoms with Crippen molar-refractivity contribution in [1.29, 1.82) is 0 Å². The average Bonchev–Trinajstić information content (AvgIpc) is 3.41. The van der Waals surface area contributed by atoms with Crippen LogP contribution in [0.3, 0.4) is 0 Å². The lowest BCUT2D eigenvalue weighted by Gasteiger charge is -2.26. The van der Waals surface area contributed by atoms with Gasteiger partial charge in [0.05, 0.1) is 39.9 Å². The van der Waals surface area contributed by atoms with Gasteiger partial charge in [0.25, 0.3) is 0 Å². The highest BCUT2D eigenvalue weighted by Gasteiger charge is 2.28. The fourth-order valence-corrected chi connectivity index (χ4v) is 11.5. The summed E-state index contributed by atoms with van der Waals surface area (Å²) in [6.45, 7) is 4.94. The Kier molecular flexibility index (Phi) is 59.8. The molecule has 3 N–H and O–H groups in total. The number of hydrogen-bond acceptors (Lipinski definition) is 5. The molecule has 0 aliphatic carbocycles. The maximum atomic E-state index is 13.1. The van der Waals surface area contributed by atoms with Crippen LogP contribution in [-0.2, 0) is 18.4 Å². The van der Waals surface area contributed by atoms with Crippen LogP contribution in [0.2, 0.25) is 0 Å². The molecule has 0 heterocycles. The number of allylic oxidation sites excluding steroid dienone is 4. The topological polar surface area (TPSA) is 105 Å². The molecule has 0 aliphatic rings. The van der Waals surface area contributed by atoms with Gasteiger partial charge in [-0.15, -0.1) is 0 Å². The molecule has 3 atom stereocenters. The molecule has 0 saturated carbocycles. The molecule has 0 fully saturated rings. The minimum absolute atomic E-state index is 0.0775. The Morgan fingerprint density at radius 3 is 1.05 bits per heavy atom. The van der Waals surface area contributed by atoms with Gasteiger partial charge in [0.2, 0.25) is 5.91 Å². The number of phosphoric acid groups is 1. The maximum Gasteiger partial charge on any atom is 0.472 e. The highest BCUT2D eigenvalue weighted by molar-refractivity contribution is 7.47. The highest BCUT2D eigenvalue weighted by Crippen LogP contribution is 2.43. The molecule has 0 aromatic carbocycles. The zero-order chi connectivity index (χ0) is 57.0. The zero-order valence-electron chi connectivity index (χ0n) is 53.2. The minimum atomic E-state index is -4.33. The molecule has 8 nitrogen and oxygen atoms in total. The summed E-state index contributed by atoms with van der Waals surface area (Å²) in [5.74, 6) is -0.136. The number of carbonyl (C=O) groups excluding carboxylic acids is 1. The Morgan fingerprint density at radius 2 is 0.731 bits per heavy atom. The first-order valence-electron chi connectivity index (χ1n) is 34.7. The van der Waals surface area contributed by atoms with Crippen LogP contribution in [0.15, 0.2) is 24.3 Å². The van der Waals surface area contributed by atoms with Gasteiger partial charge < -0.3 is 19.8 Å². The lowest BCUT2D eigenvalue weighted by atomic mass is 10.0. The van der Waals surface area contributed by atoms with Crippen LogP contribution in [0.5, 0.6) is 0 Å². The number of amides is 1. The molecule has 0 aromatic rings. The van der Waals surface area contributed by atoms with E-state index in [-0.39, 0.29) is 19.1 Å². The van der Waals surface area contributed by atoms with Crippen LogP contribution in [-0.4, -0.2) is 73.4 Å². The first-order valence-corrected chi connectivity index (χ1v) is 36.2. The number of aliphatic hydroxyl groups is 1. The second-order valence-electron chi connectivity index (χ2n) is 25.3. The number of nitrogens with zero attached hydrogens (tertiary/aromatic N) is 1. The standard InChI is InChI=1S/C69H137N2O6P/c1-6-8-10-12-14-16-18-20-22-24-26-28-30-32-33-34-35-36-37-39-41-43-45-47-49-51-53-55-57-59-61-63-69(73)70-67(66-77-78(74,75)76-65-64-71(3,4)5)68(72)62-60-58-56-54-52-50-48-46-44-42-40-38-31-29-27-25-23-21-19-17-15-13-11-9-7-2/h18,20,24,26,67-68,72H,6-17,19,21-23,25,27-66H2,1-5H3,(H-,70,73,74,75)/p+1/b20-18-,26-24-. The number of likely N-dealkylation sites (N-methyl/N-ethyl adjacent to an activating group) is 1. The van der Waals surface area contributed by atoms with Crippen molar-refractivity contribution in [2.45, 2.75) is 373 Å². The summed E-state index contributed by atoms with van der Waals surface area (Å²) in [6, 6.07) is -0.759. The second kappa shape index (κ2) is 60.6. The predicted octanol–water partition coefficient (Wildman–Crippen LogP) is 21.9. The summed E-state index contributed by atoms with van der Waals surface area (Å²) in [5.41, 5.74) is 0. The van der Waals surface area contributed by atoms with Crippen molar-refractivity contribution < 1.29 is 32.9 Å². The van der Waals surface area contributed by atoms with Gasteiger partial charge in [-0.3, -0.25) is 13.8 Å². The first-order chi connectivity index (χ1) is 38.0. The van der Waals surface area contributed by atoms with Gasteiger partial charge in [0, 0.05) is 6.42 Å². The van der Waals surface area contributed by atoms with Crippen molar-refractivity contribution in [2.75, 3.05) is 40.9 Å². The fourth-order valence-electron chi connectivity index (χ4n) is 10.8. The summed E-state index contributed by atoms with van der Waals surface area (Å²) < 4.78 is 23.9. The Bertz CT molecular complexity index is 1320. The van der Waals surface area contributed by atoms with E-state index in [0.717, 1.165) is 44.9 Å². The number of quaternary nitrogens is 1. The van der Waals surface area contributed by atoms with E-state index in [9.17, 15) is 19.4 Å². The summed E-state index contributed by atoms with van der Waals surface area (Å²) in [4.78, 5) is 23.5. The van der Waals surface area contributed by atoms with Crippen molar-refractivity contribution in [3.05, 3.63) is 24.3 Å². The molecule has 0 aromatic heterocycles. The molecule has 0 spiro atoms. The third-order valence-electron chi connectivity index (χ3n) is 16.2. The predicted molar refractivity (Wildman–Crippen MR) is 342 cm³/mol. The molecule has 78 heavy (non-hydrogen) atoms. The molecular weight excluding hydrogens is 984 g/mol. The molecular formula is C69H138N2O6P+. The van der Waals surface area contributed by atoms with Crippen molar-refractivity contribution in [1.82, 2.24) is 5.32 Å². The SMILES string of the molecule is CCCCCCC/C=C\C/C=C\CCCCCCCCCCCCCCCCCCCCCC(=O)NC(COP(=O)(O)OCC[N+](C)(C)C)C(O)CCCCCCCCCCCCCCCCCCCCCCCCCCC. The quantitative estimate of drug-likeness (QED) is 0.0243. The maximum absolute atomic E-state index is 13.1. The number of rotatable bonds is 65. The molecule has 0 aliphatic heterocycles. The molecule has 0 saturated heterocycles. The number of aliphatic hydroxyl groups excluding tert-OH is 1. The van der Waals surface area contributed by atoms with E-state index in [2.05, 4.69) is 43.5 Å². The number of hydrogen-bond donors (Lipinski definition) is 3. The minimum Gasteiger partial charge on any atom is -0.391 e. The Labute approximate surface area is 487 Å². The van der Waals surface area contributed by atoms with E-state index in [1.807, 2.05) is 21.1 Å². The molecule has 9 heteroatoms. The number of nitrogens with one attached hydrogen (secondary N) is 1. The van der Waals surface area contributed by atoms with E-state index < -0.39 is 20.0 Å². The van der Waals surface area contributed by atoms with Crippen LogP contribution in [0.4, 0.5) is 0 Å². The lowest BCUT2D eigenvalue weighted by molar-refractivity contribution is -0.870. The fraction of sp³-hybridized carbons (Fsp3) is 0.928. The van der Waals surface area contributed by atoms with Crippen molar-refractivity contribution >= 4 is 13.7 Å². The van der Waals surface area contributed by atoms with E-state index in [4.69, 9.17) is 9.05 Å². The number of unbranched alkanes of at least 4 members (excludes halogenated alkanes) is 48. The zero-order valence-corrected chi connectivity index (χ0v) is 54.1. The van der Waals surface area contributed by atoms with Crippen LogP contribution in [0.25, 0.3) is 0 Å². The summed E-state index contributed by atoms with van der Waals surface area (Å²) in [6.07, 6.45) is 78.5. The average molecular weight is 1120 g/mol. The van der Waals surface area contributed by atoms with Gasteiger partial charge >= 0.3 is 7.82 Å². The van der Waals surface area contributed by atoms with Crippen LogP contribution < -0.4 is 5.32 Å². The molecule has 0 rings (SSSR count). The second-order valence-corrected chi connectivity index (χ2v) is 26.7. The molecule has 0 bridgehead atoms. The first kappa shape index (κ1) is 77.0. The van der Waals surface area contributed by atoms with Crippen molar-refractivity contribution in [2.24, 2.45) is 0 Å². The molecule has 1 amide bonds. The van der Waals surface area contributed by atoms with Crippen LogP contribution in [0.1, 0.15) is 361 Å². The third-order valence-corrected chi connectivity index (χ3v) is 17.2. The summed E-state index contributed by atoms with van der Waals surface area (Å²) in [5, 5.41) is 14.2. The molecule has 464 valence electrons. The Hall–Kier alpha value is -1.02.